The van der Waals surface area contributed by atoms with E-state index in [1.807, 2.05) is 13.0 Å². The van der Waals surface area contributed by atoms with Crippen LogP contribution in [-0.2, 0) is 0 Å². The highest BCUT2D eigenvalue weighted by molar-refractivity contribution is 6.14. The van der Waals surface area contributed by atoms with E-state index in [1.165, 1.54) is 4.57 Å². The minimum absolute atomic E-state index is 0.146. The van der Waals surface area contributed by atoms with Gasteiger partial charge in [0, 0.05) is 0 Å². The highest BCUT2D eigenvalue weighted by Crippen LogP contribution is 2.26. The van der Waals surface area contributed by atoms with Crippen molar-refractivity contribution in [2.24, 2.45) is 0 Å². The molecule has 0 saturated carbocycles. The van der Waals surface area contributed by atoms with Crippen LogP contribution in [0.2, 0.25) is 0 Å². The highest BCUT2D eigenvalue weighted by Gasteiger charge is 2.29. The second kappa shape index (κ2) is 1.43. The predicted octanol–water partition coefficient (Wildman–Crippen LogP) is 0.750. The van der Waals surface area contributed by atoms with Gasteiger partial charge >= 0.3 is 0 Å². The number of aromatic nitrogens is 1. The van der Waals surface area contributed by atoms with Crippen molar-refractivity contribution < 1.29 is 4.79 Å². The lowest BCUT2D eigenvalue weighted by molar-refractivity contribution is 0.0974. The van der Waals surface area contributed by atoms with Crippen molar-refractivity contribution >= 4 is 16.8 Å². The minimum Gasteiger partial charge on any atom is -0.268 e. The number of carbonyl (C=O) groups excluding carboxylic acids is 1. The number of nitrogens with zero attached hydrogens (tertiary/aromatic N) is 1. The molecule has 2 aromatic rings. The van der Waals surface area contributed by atoms with Crippen molar-refractivity contribution in [3.05, 3.63) is 33.6 Å². The van der Waals surface area contributed by atoms with Gasteiger partial charge in [-0.2, -0.15) is 0 Å². The lowest BCUT2D eigenvalue weighted by Crippen LogP contribution is -2.17. The molecule has 3 heterocycles. The van der Waals surface area contributed by atoms with E-state index in [-0.39, 0.29) is 11.5 Å². The van der Waals surface area contributed by atoms with Crippen LogP contribution in [-0.4, -0.2) is 10.5 Å². The van der Waals surface area contributed by atoms with Crippen molar-refractivity contribution in [3.63, 3.8) is 0 Å². The molecule has 0 spiro atoms. The first-order valence-corrected chi connectivity index (χ1v) is 3.73. The van der Waals surface area contributed by atoms with E-state index in [0.29, 0.717) is 10.9 Å². The van der Waals surface area contributed by atoms with Crippen molar-refractivity contribution in [2.45, 2.75) is 6.92 Å². The summed E-state index contributed by atoms with van der Waals surface area (Å²) >= 11 is 0. The molecule has 0 fully saturated rings. The van der Waals surface area contributed by atoms with Crippen LogP contribution in [0.15, 0.2) is 16.9 Å². The molecular weight excluding hydrogens is 154 g/mol. The normalized spacial score (nSPS) is 13.9. The van der Waals surface area contributed by atoms with Gasteiger partial charge in [-0.3, -0.25) is 9.59 Å². The molecule has 1 aromatic heterocycles. The van der Waals surface area contributed by atoms with Gasteiger partial charge in [0.2, 0.25) is 0 Å². The average molecular weight is 159 g/mol. The first-order valence-electron chi connectivity index (χ1n) is 3.73. The van der Waals surface area contributed by atoms with Crippen LogP contribution in [0.1, 0.15) is 15.9 Å². The van der Waals surface area contributed by atoms with E-state index < -0.39 is 0 Å². The molecule has 0 unspecified atom stereocenters. The van der Waals surface area contributed by atoms with Crippen molar-refractivity contribution in [3.8, 4) is 0 Å². The van der Waals surface area contributed by atoms with Crippen LogP contribution in [0, 0.1) is 6.92 Å². The van der Waals surface area contributed by atoms with Gasteiger partial charge in [-0.15, -0.1) is 0 Å². The SMILES string of the molecule is Cc1cc2cc3c1c(=O)n2C3=O. The van der Waals surface area contributed by atoms with Gasteiger partial charge in [-0.25, -0.2) is 4.57 Å². The maximum Gasteiger partial charge on any atom is 0.266 e. The van der Waals surface area contributed by atoms with Gasteiger partial charge in [0.1, 0.15) is 0 Å². The third-order valence-electron chi connectivity index (χ3n) is 2.43. The number of benzene rings is 1. The standard InChI is InChI=1S/C9H5NO2/c1-4-2-5-3-6-7(4)9(12)10(5)8(6)11/h2-3H,1H3. The van der Waals surface area contributed by atoms with Crippen LogP contribution < -0.4 is 5.56 Å². The van der Waals surface area contributed by atoms with Crippen LogP contribution in [0.5, 0.6) is 0 Å². The molecule has 1 aromatic carbocycles. The molecule has 4 rings (SSSR count). The lowest BCUT2D eigenvalue weighted by Gasteiger charge is -1.97. The number of aryl methyl sites for hydroxylation is 1. The van der Waals surface area contributed by atoms with Gasteiger partial charge in [-0.1, -0.05) is 0 Å². The predicted molar refractivity (Wildman–Crippen MR) is 43.9 cm³/mol. The lowest BCUT2D eigenvalue weighted by atomic mass is 10.1. The Kier molecular flexibility index (Phi) is 0.710. The quantitative estimate of drug-likeness (QED) is 0.485. The van der Waals surface area contributed by atoms with Gasteiger partial charge < -0.3 is 0 Å². The summed E-state index contributed by atoms with van der Waals surface area (Å²) in [6.07, 6.45) is 0. The molecule has 0 radical (unpaired) electrons. The Morgan fingerprint density at radius 3 is 2.50 bits per heavy atom. The Morgan fingerprint density at radius 2 is 2.00 bits per heavy atom. The van der Waals surface area contributed by atoms with E-state index in [0.717, 1.165) is 11.1 Å². The summed E-state index contributed by atoms with van der Waals surface area (Å²) in [4.78, 5) is 22.8. The van der Waals surface area contributed by atoms with E-state index in [9.17, 15) is 9.59 Å². The van der Waals surface area contributed by atoms with Crippen molar-refractivity contribution in [2.75, 3.05) is 0 Å². The first kappa shape index (κ1) is 5.94. The van der Waals surface area contributed by atoms with Gasteiger partial charge in [0.25, 0.3) is 11.5 Å². The fourth-order valence-corrected chi connectivity index (χ4v) is 1.91. The molecular formula is C9H5NO2. The second-order valence-corrected chi connectivity index (χ2v) is 3.13. The molecule has 0 saturated heterocycles. The highest BCUT2D eigenvalue weighted by atomic mass is 16.2. The monoisotopic (exact) mass is 159 g/mol. The fraction of sp³-hybridized carbons (Fsp3) is 0.111. The van der Waals surface area contributed by atoms with Gasteiger partial charge in [0.15, 0.2) is 0 Å². The molecule has 2 aliphatic rings. The Morgan fingerprint density at radius 1 is 1.25 bits per heavy atom. The number of hydrogen-bond acceptors (Lipinski definition) is 2. The smallest absolute Gasteiger partial charge is 0.266 e. The van der Waals surface area contributed by atoms with Gasteiger partial charge in [0.05, 0.1) is 16.5 Å². The Bertz CT molecular complexity index is 565. The van der Waals surface area contributed by atoms with Crippen molar-refractivity contribution in [1.82, 2.24) is 4.57 Å². The Balaban J connectivity index is 2.83. The molecule has 58 valence electrons. The molecule has 3 heteroatoms. The summed E-state index contributed by atoms with van der Waals surface area (Å²) in [6, 6.07) is 3.64. The van der Waals surface area contributed by atoms with Crippen LogP contribution in [0.3, 0.4) is 0 Å². The molecule has 0 N–H and O–H groups in total. The molecule has 0 aliphatic carbocycles. The van der Waals surface area contributed by atoms with Crippen molar-refractivity contribution in [1.29, 1.82) is 0 Å². The molecule has 0 atom stereocenters. The number of hydrogen-bond donors (Lipinski definition) is 0. The zero-order valence-electron chi connectivity index (χ0n) is 6.42. The maximum absolute atomic E-state index is 11.4. The van der Waals surface area contributed by atoms with Gasteiger partial charge in [-0.05, 0) is 24.6 Å². The number of rotatable bonds is 0. The van der Waals surface area contributed by atoms with E-state index in [2.05, 4.69) is 0 Å². The van der Waals surface area contributed by atoms with Crippen LogP contribution >= 0.6 is 0 Å². The summed E-state index contributed by atoms with van der Waals surface area (Å²) in [6.45, 7) is 1.86. The van der Waals surface area contributed by atoms with E-state index >= 15 is 0 Å². The summed E-state index contributed by atoms with van der Waals surface area (Å²) in [5, 5.41) is 0.593. The average Bonchev–Trinajstić information content (AvgIpc) is 2.37. The third kappa shape index (κ3) is 0.384. The Labute approximate surface area is 67.6 Å². The molecule has 0 amide bonds. The zero-order valence-corrected chi connectivity index (χ0v) is 6.42. The third-order valence-corrected chi connectivity index (χ3v) is 2.43. The number of carbonyl (C=O) groups is 1. The topological polar surface area (TPSA) is 39.1 Å². The van der Waals surface area contributed by atoms with E-state index in [4.69, 9.17) is 0 Å². The fourth-order valence-electron chi connectivity index (χ4n) is 1.91. The zero-order chi connectivity index (χ0) is 8.46. The minimum atomic E-state index is -0.155. The summed E-state index contributed by atoms with van der Waals surface area (Å²) in [5.41, 5.74) is 2.07. The molecule has 4 bridgehead atoms. The molecule has 12 heavy (non-hydrogen) atoms. The summed E-state index contributed by atoms with van der Waals surface area (Å²) in [7, 11) is 0. The number of fused-ring (bicyclic) bond motifs is 1. The van der Waals surface area contributed by atoms with Crippen LogP contribution in [0.25, 0.3) is 10.9 Å². The molecule has 2 aliphatic heterocycles. The largest absolute Gasteiger partial charge is 0.268 e. The second-order valence-electron chi connectivity index (χ2n) is 3.13. The summed E-state index contributed by atoms with van der Waals surface area (Å²) < 4.78 is 1.23. The van der Waals surface area contributed by atoms with E-state index in [1.54, 1.807) is 6.07 Å². The first-order chi connectivity index (χ1) is 5.70. The maximum atomic E-state index is 11.4. The summed E-state index contributed by atoms with van der Waals surface area (Å²) in [5.74, 6) is -0.155. The van der Waals surface area contributed by atoms with Crippen LogP contribution in [0.4, 0.5) is 0 Å². The molecule has 3 nitrogen and oxygen atoms in total. The number of pyridine rings is 2. The Hall–Kier alpha value is -1.64.